The molecule has 0 saturated carbocycles. The Morgan fingerprint density at radius 3 is 2.79 bits per heavy atom. The Kier molecular flexibility index (Phi) is 2.76. The molecule has 1 aliphatic rings. The highest BCUT2D eigenvalue weighted by atomic mass is 35.5. The zero-order valence-corrected chi connectivity index (χ0v) is 9.36. The van der Waals surface area contributed by atoms with E-state index in [1.807, 2.05) is 12.1 Å². The standard InChI is InChI=1S/C9H11ClN2OS/c1-12(8-3-2-7(10)14-8)9(13)6-4-11-5-6/h2-3,6,11H,4-5H2,1H3. The lowest BCUT2D eigenvalue weighted by atomic mass is 10.0. The first-order valence-electron chi connectivity index (χ1n) is 4.42. The average Bonchev–Trinajstić information content (AvgIpc) is 2.47. The second kappa shape index (κ2) is 3.88. The highest BCUT2D eigenvalue weighted by molar-refractivity contribution is 7.20. The van der Waals surface area contributed by atoms with Gasteiger partial charge in [-0.25, -0.2) is 0 Å². The van der Waals surface area contributed by atoms with Gasteiger partial charge in [0.2, 0.25) is 5.91 Å². The van der Waals surface area contributed by atoms with Gasteiger partial charge in [0.1, 0.15) is 0 Å². The van der Waals surface area contributed by atoms with E-state index in [1.165, 1.54) is 11.3 Å². The topological polar surface area (TPSA) is 32.3 Å². The Morgan fingerprint density at radius 1 is 1.64 bits per heavy atom. The van der Waals surface area contributed by atoms with Gasteiger partial charge in [-0.05, 0) is 12.1 Å². The van der Waals surface area contributed by atoms with Crippen molar-refractivity contribution in [3.63, 3.8) is 0 Å². The van der Waals surface area contributed by atoms with E-state index in [0.717, 1.165) is 18.1 Å². The predicted molar refractivity (Wildman–Crippen MR) is 59.1 cm³/mol. The number of rotatable bonds is 2. The third-order valence-corrected chi connectivity index (χ3v) is 3.66. The average molecular weight is 231 g/mol. The third kappa shape index (κ3) is 1.78. The van der Waals surface area contributed by atoms with Gasteiger partial charge in [0.15, 0.2) is 0 Å². The number of thiophene rings is 1. The lowest BCUT2D eigenvalue weighted by Gasteiger charge is -2.29. The van der Waals surface area contributed by atoms with Gasteiger partial charge in [-0.1, -0.05) is 11.6 Å². The molecule has 0 spiro atoms. The number of amides is 1. The molecule has 1 amide bonds. The molecule has 76 valence electrons. The first kappa shape index (κ1) is 9.96. The fraction of sp³-hybridized carbons (Fsp3) is 0.444. The molecule has 1 aliphatic heterocycles. The first-order valence-corrected chi connectivity index (χ1v) is 5.61. The van der Waals surface area contributed by atoms with Crippen molar-refractivity contribution in [2.75, 3.05) is 25.0 Å². The van der Waals surface area contributed by atoms with E-state index in [9.17, 15) is 4.79 Å². The molecular formula is C9H11ClN2OS. The van der Waals surface area contributed by atoms with E-state index in [4.69, 9.17) is 11.6 Å². The zero-order valence-electron chi connectivity index (χ0n) is 7.79. The molecule has 1 aromatic heterocycles. The maximum Gasteiger partial charge on any atom is 0.233 e. The molecule has 0 aromatic carbocycles. The number of nitrogens with zero attached hydrogens (tertiary/aromatic N) is 1. The largest absolute Gasteiger partial charge is 0.315 e. The molecule has 1 aromatic rings. The third-order valence-electron chi connectivity index (χ3n) is 2.35. The summed E-state index contributed by atoms with van der Waals surface area (Å²) in [6.45, 7) is 1.59. The summed E-state index contributed by atoms with van der Waals surface area (Å²) in [6.07, 6.45) is 0. The van der Waals surface area contributed by atoms with Crippen LogP contribution in [0.15, 0.2) is 12.1 Å². The summed E-state index contributed by atoms with van der Waals surface area (Å²) in [5, 5.41) is 3.99. The van der Waals surface area contributed by atoms with Crippen molar-refractivity contribution < 1.29 is 4.79 Å². The summed E-state index contributed by atoms with van der Waals surface area (Å²) in [5.74, 6) is 0.308. The molecule has 0 aliphatic carbocycles. The molecule has 1 N–H and O–H groups in total. The quantitative estimate of drug-likeness (QED) is 0.837. The lowest BCUT2D eigenvalue weighted by molar-refractivity contribution is -0.123. The molecule has 0 unspecified atom stereocenters. The summed E-state index contributed by atoms with van der Waals surface area (Å²) in [7, 11) is 1.79. The maximum absolute atomic E-state index is 11.8. The van der Waals surface area contributed by atoms with Crippen molar-refractivity contribution in [1.29, 1.82) is 0 Å². The van der Waals surface area contributed by atoms with E-state index in [-0.39, 0.29) is 11.8 Å². The van der Waals surface area contributed by atoms with E-state index >= 15 is 0 Å². The molecule has 0 atom stereocenters. The van der Waals surface area contributed by atoms with Gasteiger partial charge in [0.05, 0.1) is 15.3 Å². The first-order chi connectivity index (χ1) is 6.68. The molecular weight excluding hydrogens is 220 g/mol. The van der Waals surface area contributed by atoms with E-state index in [2.05, 4.69) is 5.32 Å². The van der Waals surface area contributed by atoms with Crippen LogP contribution in [0.2, 0.25) is 4.34 Å². The van der Waals surface area contributed by atoms with Gasteiger partial charge in [-0.15, -0.1) is 11.3 Å². The van der Waals surface area contributed by atoms with Crippen molar-refractivity contribution in [1.82, 2.24) is 5.32 Å². The Morgan fingerprint density at radius 2 is 2.36 bits per heavy atom. The molecule has 5 heteroatoms. The van der Waals surface area contributed by atoms with Crippen LogP contribution in [0, 0.1) is 5.92 Å². The number of hydrogen-bond acceptors (Lipinski definition) is 3. The second-order valence-corrected chi connectivity index (χ2v) is 5.02. The highest BCUT2D eigenvalue weighted by Crippen LogP contribution is 2.29. The number of carbonyl (C=O) groups excluding carboxylic acids is 1. The number of anilines is 1. The predicted octanol–water partition coefficient (Wildman–Crippen LogP) is 1.58. The van der Waals surface area contributed by atoms with Crippen LogP contribution < -0.4 is 10.2 Å². The summed E-state index contributed by atoms with van der Waals surface area (Å²) >= 11 is 7.23. The molecule has 0 radical (unpaired) electrons. The summed E-state index contributed by atoms with van der Waals surface area (Å²) in [5.41, 5.74) is 0. The van der Waals surface area contributed by atoms with Crippen molar-refractivity contribution in [3.8, 4) is 0 Å². The van der Waals surface area contributed by atoms with Crippen LogP contribution in [0.3, 0.4) is 0 Å². The number of nitrogens with one attached hydrogen (secondary N) is 1. The number of carbonyl (C=O) groups is 1. The Labute approximate surface area is 91.7 Å². The SMILES string of the molecule is CN(C(=O)C1CNC1)c1ccc(Cl)s1. The van der Waals surface area contributed by atoms with Gasteiger partial charge in [-0.2, -0.15) is 0 Å². The molecule has 0 bridgehead atoms. The molecule has 3 nitrogen and oxygen atoms in total. The van der Waals surface area contributed by atoms with Crippen molar-refractivity contribution in [2.45, 2.75) is 0 Å². The second-order valence-electron chi connectivity index (χ2n) is 3.33. The Balaban J connectivity index is 2.07. The van der Waals surface area contributed by atoms with Gasteiger partial charge in [0.25, 0.3) is 0 Å². The van der Waals surface area contributed by atoms with Gasteiger partial charge < -0.3 is 10.2 Å². The van der Waals surface area contributed by atoms with Crippen LogP contribution in [0.5, 0.6) is 0 Å². The minimum atomic E-state index is 0.140. The van der Waals surface area contributed by atoms with Crippen LogP contribution in [0.25, 0.3) is 0 Å². The normalized spacial score (nSPS) is 16.4. The number of halogens is 1. The number of hydrogen-bond donors (Lipinski definition) is 1. The van der Waals surface area contributed by atoms with E-state index < -0.39 is 0 Å². The highest BCUT2D eigenvalue weighted by Gasteiger charge is 2.28. The monoisotopic (exact) mass is 230 g/mol. The van der Waals surface area contributed by atoms with Gasteiger partial charge >= 0.3 is 0 Å². The molecule has 1 fully saturated rings. The Hall–Kier alpha value is -0.580. The maximum atomic E-state index is 11.8. The van der Waals surface area contributed by atoms with Crippen molar-refractivity contribution in [3.05, 3.63) is 16.5 Å². The van der Waals surface area contributed by atoms with Crippen LogP contribution in [0.1, 0.15) is 0 Å². The summed E-state index contributed by atoms with van der Waals surface area (Å²) < 4.78 is 0.714. The molecule has 1 saturated heterocycles. The van der Waals surface area contributed by atoms with E-state index in [1.54, 1.807) is 11.9 Å². The minimum absolute atomic E-state index is 0.140. The fourth-order valence-corrected chi connectivity index (χ4v) is 2.33. The molecule has 2 heterocycles. The summed E-state index contributed by atoms with van der Waals surface area (Å²) in [6, 6.07) is 3.68. The summed E-state index contributed by atoms with van der Waals surface area (Å²) in [4.78, 5) is 13.5. The van der Waals surface area contributed by atoms with Crippen LogP contribution >= 0.6 is 22.9 Å². The smallest absolute Gasteiger partial charge is 0.233 e. The minimum Gasteiger partial charge on any atom is -0.315 e. The zero-order chi connectivity index (χ0) is 10.1. The molecule has 2 rings (SSSR count). The fourth-order valence-electron chi connectivity index (χ4n) is 1.33. The van der Waals surface area contributed by atoms with Crippen molar-refractivity contribution >= 4 is 33.8 Å². The van der Waals surface area contributed by atoms with Crippen LogP contribution in [0.4, 0.5) is 5.00 Å². The Bertz CT molecular complexity index is 348. The van der Waals surface area contributed by atoms with Crippen LogP contribution in [-0.2, 0) is 4.79 Å². The lowest BCUT2D eigenvalue weighted by Crippen LogP contribution is -2.51. The van der Waals surface area contributed by atoms with Crippen molar-refractivity contribution in [2.24, 2.45) is 5.92 Å². The van der Waals surface area contributed by atoms with E-state index in [0.29, 0.717) is 4.34 Å². The van der Waals surface area contributed by atoms with Gasteiger partial charge in [-0.3, -0.25) is 4.79 Å². The van der Waals surface area contributed by atoms with Crippen LogP contribution in [-0.4, -0.2) is 26.0 Å². The molecule has 14 heavy (non-hydrogen) atoms. The van der Waals surface area contributed by atoms with Gasteiger partial charge in [0, 0.05) is 20.1 Å².